The number of esters is 2. The van der Waals surface area contributed by atoms with E-state index < -0.39 is 41.6 Å². The predicted molar refractivity (Wildman–Crippen MR) is 67.2 cm³/mol. The van der Waals surface area contributed by atoms with E-state index in [2.05, 4.69) is 0 Å². The lowest BCUT2D eigenvalue weighted by Gasteiger charge is -2.34. The van der Waals surface area contributed by atoms with Crippen molar-refractivity contribution in [1.29, 1.82) is 0 Å². The maximum atomic E-state index is 14.2. The van der Waals surface area contributed by atoms with Crippen LogP contribution in [0.1, 0.15) is 27.2 Å². The Kier molecular flexibility index (Phi) is 4.91. The lowest BCUT2D eigenvalue weighted by Crippen LogP contribution is -2.52. The van der Waals surface area contributed by atoms with Gasteiger partial charge in [-0.05, 0) is 20.8 Å². The number of alkyl halides is 2. The Labute approximate surface area is 121 Å². The summed E-state index contributed by atoms with van der Waals surface area (Å²) < 4.78 is 38.0. The number of likely N-dealkylation sites (tertiary alicyclic amines) is 1. The SMILES string of the molecule is CCOC(=O)C(C)(C(=O)OCC)C1CC(=O)N(C)C1(F)F. The van der Waals surface area contributed by atoms with Crippen LogP contribution in [0.15, 0.2) is 0 Å². The molecule has 1 heterocycles. The average molecular weight is 307 g/mol. The van der Waals surface area contributed by atoms with E-state index in [0.717, 1.165) is 14.0 Å². The lowest BCUT2D eigenvalue weighted by atomic mass is 9.75. The number of hydrogen-bond acceptors (Lipinski definition) is 5. The molecule has 8 heteroatoms. The van der Waals surface area contributed by atoms with Crippen molar-refractivity contribution in [3.63, 3.8) is 0 Å². The molecule has 1 aliphatic heterocycles. The minimum Gasteiger partial charge on any atom is -0.465 e. The molecule has 0 saturated carbocycles. The maximum Gasteiger partial charge on any atom is 0.332 e. The smallest absolute Gasteiger partial charge is 0.332 e. The first-order chi connectivity index (χ1) is 9.63. The van der Waals surface area contributed by atoms with Crippen molar-refractivity contribution >= 4 is 17.8 Å². The first-order valence-electron chi connectivity index (χ1n) is 6.62. The maximum absolute atomic E-state index is 14.2. The highest BCUT2D eigenvalue weighted by atomic mass is 19.3. The molecule has 0 bridgehead atoms. The Morgan fingerprint density at radius 3 is 2.00 bits per heavy atom. The fourth-order valence-corrected chi connectivity index (χ4v) is 2.32. The standard InChI is InChI=1S/C13H19F2NO5/c1-5-20-10(18)12(3,11(19)21-6-2)8-7-9(17)16(4)13(8,14)15/h8H,5-7H2,1-4H3. The number of rotatable bonds is 5. The first kappa shape index (κ1) is 17.3. The number of carbonyl (C=O) groups is 3. The van der Waals surface area contributed by atoms with Gasteiger partial charge in [-0.15, -0.1) is 0 Å². The van der Waals surface area contributed by atoms with Gasteiger partial charge in [-0.2, -0.15) is 8.78 Å². The van der Waals surface area contributed by atoms with Gasteiger partial charge >= 0.3 is 18.0 Å². The Morgan fingerprint density at radius 2 is 1.71 bits per heavy atom. The van der Waals surface area contributed by atoms with Gasteiger partial charge in [-0.1, -0.05) is 0 Å². The van der Waals surface area contributed by atoms with E-state index in [4.69, 9.17) is 9.47 Å². The summed E-state index contributed by atoms with van der Waals surface area (Å²) in [6.07, 6.45) is -0.627. The average Bonchev–Trinajstić information content (AvgIpc) is 2.62. The van der Waals surface area contributed by atoms with E-state index in [1.807, 2.05) is 0 Å². The van der Waals surface area contributed by atoms with Crippen LogP contribution in [-0.2, 0) is 23.9 Å². The largest absolute Gasteiger partial charge is 0.465 e. The van der Waals surface area contributed by atoms with Crippen molar-refractivity contribution in [3.8, 4) is 0 Å². The Bertz CT molecular complexity index is 434. The summed E-state index contributed by atoms with van der Waals surface area (Å²) in [7, 11) is 0.930. The molecular formula is C13H19F2NO5. The summed E-state index contributed by atoms with van der Waals surface area (Å²) in [5, 5.41) is 0. The van der Waals surface area contributed by atoms with Crippen LogP contribution < -0.4 is 0 Å². The molecule has 6 nitrogen and oxygen atoms in total. The quantitative estimate of drug-likeness (QED) is 0.433. The normalized spacial score (nSPS) is 21.3. The van der Waals surface area contributed by atoms with Gasteiger partial charge in [-0.25, -0.2) is 0 Å². The molecule has 1 atom stereocenters. The van der Waals surface area contributed by atoms with Crippen molar-refractivity contribution in [2.24, 2.45) is 11.3 Å². The highest BCUT2D eigenvalue weighted by Gasteiger charge is 2.66. The van der Waals surface area contributed by atoms with Crippen LogP contribution in [0.3, 0.4) is 0 Å². The third-order valence-electron chi connectivity index (χ3n) is 3.72. The summed E-state index contributed by atoms with van der Waals surface area (Å²) >= 11 is 0. The second kappa shape index (κ2) is 5.95. The van der Waals surface area contributed by atoms with Crippen molar-refractivity contribution in [3.05, 3.63) is 0 Å². The van der Waals surface area contributed by atoms with Crippen molar-refractivity contribution in [1.82, 2.24) is 4.90 Å². The minimum atomic E-state index is -3.63. The Hall–Kier alpha value is -1.73. The molecule has 21 heavy (non-hydrogen) atoms. The molecule has 0 aliphatic carbocycles. The lowest BCUT2D eigenvalue weighted by molar-refractivity contribution is -0.202. The summed E-state index contributed by atoms with van der Waals surface area (Å²) in [6, 6.07) is -3.63. The highest BCUT2D eigenvalue weighted by molar-refractivity contribution is 6.01. The van der Waals surface area contributed by atoms with E-state index in [1.54, 1.807) is 0 Å². The number of nitrogens with zero attached hydrogens (tertiary/aromatic N) is 1. The van der Waals surface area contributed by atoms with Crippen LogP contribution in [-0.4, -0.2) is 49.1 Å². The monoisotopic (exact) mass is 307 g/mol. The van der Waals surface area contributed by atoms with E-state index in [9.17, 15) is 23.2 Å². The van der Waals surface area contributed by atoms with Gasteiger partial charge in [0, 0.05) is 13.5 Å². The molecule has 0 N–H and O–H groups in total. The zero-order valence-electron chi connectivity index (χ0n) is 12.4. The first-order valence-corrected chi connectivity index (χ1v) is 6.62. The van der Waals surface area contributed by atoms with Crippen LogP contribution >= 0.6 is 0 Å². The number of halogens is 2. The van der Waals surface area contributed by atoms with E-state index in [0.29, 0.717) is 0 Å². The Morgan fingerprint density at radius 1 is 1.29 bits per heavy atom. The van der Waals surface area contributed by atoms with Gasteiger partial charge in [0.2, 0.25) is 5.91 Å². The summed E-state index contributed by atoms with van der Waals surface area (Å²) in [5.74, 6) is -4.90. The molecular weight excluding hydrogens is 288 g/mol. The topological polar surface area (TPSA) is 72.9 Å². The molecule has 120 valence electrons. The van der Waals surface area contributed by atoms with Crippen LogP contribution in [0.4, 0.5) is 8.78 Å². The Balaban J connectivity index is 3.28. The van der Waals surface area contributed by atoms with E-state index >= 15 is 0 Å². The molecule has 0 aromatic carbocycles. The molecule has 1 unspecified atom stereocenters. The third-order valence-corrected chi connectivity index (χ3v) is 3.72. The van der Waals surface area contributed by atoms with Gasteiger partial charge in [-0.3, -0.25) is 19.3 Å². The minimum absolute atomic E-state index is 0.0735. The van der Waals surface area contributed by atoms with Crippen molar-refractivity contribution in [2.45, 2.75) is 33.2 Å². The highest BCUT2D eigenvalue weighted by Crippen LogP contribution is 2.48. The van der Waals surface area contributed by atoms with Gasteiger partial charge in [0.1, 0.15) is 0 Å². The van der Waals surface area contributed by atoms with E-state index in [-0.39, 0.29) is 18.1 Å². The fourth-order valence-electron chi connectivity index (χ4n) is 2.32. The molecule has 1 aliphatic rings. The van der Waals surface area contributed by atoms with Gasteiger partial charge in [0.25, 0.3) is 0 Å². The molecule has 1 saturated heterocycles. The second-order valence-corrected chi connectivity index (χ2v) is 4.94. The number of hydrogen-bond donors (Lipinski definition) is 0. The molecule has 0 radical (unpaired) electrons. The van der Waals surface area contributed by atoms with Crippen molar-refractivity contribution < 1.29 is 32.6 Å². The zero-order valence-corrected chi connectivity index (χ0v) is 12.4. The second-order valence-electron chi connectivity index (χ2n) is 4.94. The molecule has 0 spiro atoms. The van der Waals surface area contributed by atoms with Crippen molar-refractivity contribution in [2.75, 3.05) is 20.3 Å². The summed E-state index contributed by atoms with van der Waals surface area (Å²) in [6.45, 7) is 3.88. The van der Waals surface area contributed by atoms with E-state index in [1.165, 1.54) is 13.8 Å². The fraction of sp³-hybridized carbons (Fsp3) is 0.769. The summed E-state index contributed by atoms with van der Waals surface area (Å²) in [4.78, 5) is 36.0. The molecule has 1 rings (SSSR count). The molecule has 0 aromatic heterocycles. The number of amides is 1. The van der Waals surface area contributed by atoms with Crippen LogP contribution in [0.2, 0.25) is 0 Å². The molecule has 1 fully saturated rings. The molecule has 1 amide bonds. The number of ether oxygens (including phenoxy) is 2. The number of carbonyl (C=O) groups excluding carboxylic acids is 3. The third kappa shape index (κ3) is 2.71. The predicted octanol–water partition coefficient (Wildman–Crippen LogP) is 1.19. The van der Waals surface area contributed by atoms with Gasteiger partial charge in [0.05, 0.1) is 19.1 Å². The summed E-state index contributed by atoms with van der Waals surface area (Å²) in [5.41, 5.74) is -2.24. The van der Waals surface area contributed by atoms with Gasteiger partial charge in [0.15, 0.2) is 5.41 Å². The zero-order chi connectivity index (χ0) is 16.4. The van der Waals surface area contributed by atoms with Crippen LogP contribution in [0.25, 0.3) is 0 Å². The van der Waals surface area contributed by atoms with Crippen LogP contribution in [0.5, 0.6) is 0 Å². The van der Waals surface area contributed by atoms with Gasteiger partial charge < -0.3 is 9.47 Å². The van der Waals surface area contributed by atoms with Crippen LogP contribution in [0, 0.1) is 11.3 Å². The molecule has 0 aromatic rings.